The van der Waals surface area contributed by atoms with Crippen LogP contribution >= 0.6 is 0 Å². The summed E-state index contributed by atoms with van der Waals surface area (Å²) < 4.78 is 24.1. The zero-order chi connectivity index (χ0) is 22.5. The second-order valence-electron chi connectivity index (χ2n) is 10.1. The Hall–Kier alpha value is -1.69. The number of hydrogen-bond acceptors (Lipinski definition) is 7. The molecule has 2 bridgehead atoms. The third kappa shape index (κ3) is 5.36. The fraction of sp³-hybridized carbons (Fsp3) is 0.731. The van der Waals surface area contributed by atoms with Crippen LogP contribution in [0.5, 0.6) is 5.75 Å². The summed E-state index contributed by atoms with van der Waals surface area (Å²) in [6, 6.07) is 11.5. The van der Waals surface area contributed by atoms with Gasteiger partial charge in [-0.05, 0) is 56.1 Å². The summed E-state index contributed by atoms with van der Waals surface area (Å²) in [6.45, 7) is 5.17. The highest BCUT2D eigenvalue weighted by molar-refractivity contribution is 5.36. The minimum Gasteiger partial charge on any atom is -0.491 e. The largest absolute Gasteiger partial charge is 0.491 e. The van der Waals surface area contributed by atoms with E-state index >= 15 is 0 Å². The van der Waals surface area contributed by atoms with Crippen molar-refractivity contribution >= 4 is 0 Å². The van der Waals surface area contributed by atoms with E-state index in [9.17, 15) is 5.26 Å². The Morgan fingerprint density at radius 3 is 2.70 bits per heavy atom. The van der Waals surface area contributed by atoms with Crippen molar-refractivity contribution in [2.24, 2.45) is 5.41 Å². The van der Waals surface area contributed by atoms with Crippen LogP contribution in [0.4, 0.5) is 0 Å². The first-order valence-electron chi connectivity index (χ1n) is 12.6. The molecule has 1 aromatic carbocycles. The number of nitrogens with one attached hydrogen (secondary N) is 1. The van der Waals surface area contributed by atoms with Crippen molar-refractivity contribution in [3.8, 4) is 11.8 Å². The van der Waals surface area contributed by atoms with Crippen LogP contribution in [0.3, 0.4) is 0 Å². The molecule has 4 aliphatic heterocycles. The quantitative estimate of drug-likeness (QED) is 0.751. The van der Waals surface area contributed by atoms with Crippen molar-refractivity contribution in [2.45, 2.75) is 62.6 Å². The number of para-hydroxylation sites is 1. The lowest BCUT2D eigenvalue weighted by atomic mass is 9.82. The Balaban J connectivity index is 1.26. The lowest BCUT2D eigenvalue weighted by Crippen LogP contribution is -2.60. The average Bonchev–Trinajstić information content (AvgIpc) is 2.84. The van der Waals surface area contributed by atoms with Crippen molar-refractivity contribution in [3.63, 3.8) is 0 Å². The molecule has 0 aromatic heterocycles. The first-order chi connectivity index (χ1) is 16.3. The summed E-state index contributed by atoms with van der Waals surface area (Å²) in [5.74, 6) is 1.55. The zero-order valence-corrected chi connectivity index (χ0v) is 19.5. The zero-order valence-electron chi connectivity index (χ0n) is 19.5. The highest BCUT2D eigenvalue weighted by Crippen LogP contribution is 2.38. The molecule has 1 saturated carbocycles. The van der Waals surface area contributed by atoms with Crippen molar-refractivity contribution in [3.05, 3.63) is 29.8 Å². The van der Waals surface area contributed by atoms with Crippen molar-refractivity contribution in [2.75, 3.05) is 52.9 Å². The smallest absolute Gasteiger partial charge is 0.122 e. The molecule has 0 unspecified atom stereocenters. The second-order valence-corrected chi connectivity index (χ2v) is 10.1. The minimum absolute atomic E-state index is 0.247. The summed E-state index contributed by atoms with van der Waals surface area (Å²) in [7, 11) is 0. The molecule has 0 radical (unpaired) electrons. The van der Waals surface area contributed by atoms with Crippen LogP contribution in [0.2, 0.25) is 0 Å². The van der Waals surface area contributed by atoms with Crippen LogP contribution in [-0.2, 0) is 14.2 Å². The molecular weight excluding hydrogens is 418 g/mol. The topological polar surface area (TPSA) is 76.0 Å². The van der Waals surface area contributed by atoms with Crippen LogP contribution < -0.4 is 10.1 Å². The standard InChI is InChI=1S/C26H37N3O4/c27-15-26(17-31-18-26)16-28-23-5-3-11-29-19-30-12-13-32-25-6-2-1-4-22(25)20-7-9-21(10-8-20)33-14-24(23)29/h1-2,4,6,20-21,23-24,28H,3,5,7-14,16-19H2/t20?,21?,23-,24-/m0/s1. The molecule has 6 rings (SSSR count). The van der Waals surface area contributed by atoms with Gasteiger partial charge in [0.15, 0.2) is 0 Å². The molecular formula is C26H37N3O4. The van der Waals surface area contributed by atoms with Crippen molar-refractivity contribution < 1.29 is 18.9 Å². The number of benzene rings is 1. The van der Waals surface area contributed by atoms with Gasteiger partial charge in [0.05, 0.1) is 51.4 Å². The third-order valence-corrected chi connectivity index (χ3v) is 7.87. The molecule has 1 N–H and O–H groups in total. The van der Waals surface area contributed by atoms with E-state index in [0.717, 1.165) is 50.8 Å². The van der Waals surface area contributed by atoms with Gasteiger partial charge in [0.25, 0.3) is 0 Å². The molecule has 7 nitrogen and oxygen atoms in total. The number of hydrogen-bond donors (Lipinski definition) is 1. The minimum atomic E-state index is -0.371. The van der Waals surface area contributed by atoms with E-state index < -0.39 is 0 Å². The molecule has 33 heavy (non-hydrogen) atoms. The van der Waals surface area contributed by atoms with Crippen LogP contribution in [0.1, 0.15) is 50.0 Å². The van der Waals surface area contributed by atoms with Gasteiger partial charge in [-0.1, -0.05) is 18.2 Å². The van der Waals surface area contributed by atoms with E-state index in [4.69, 9.17) is 18.9 Å². The second kappa shape index (κ2) is 10.7. The van der Waals surface area contributed by atoms with Crippen molar-refractivity contribution in [1.29, 1.82) is 5.26 Å². The molecule has 0 spiro atoms. The van der Waals surface area contributed by atoms with Crippen LogP contribution in [0.25, 0.3) is 0 Å². The normalized spacial score (nSPS) is 32.7. The Morgan fingerprint density at radius 2 is 1.91 bits per heavy atom. The molecule has 2 saturated heterocycles. The molecule has 180 valence electrons. The maximum atomic E-state index is 9.58. The monoisotopic (exact) mass is 455 g/mol. The molecule has 5 aliphatic rings. The van der Waals surface area contributed by atoms with E-state index in [1.807, 2.05) is 0 Å². The lowest BCUT2D eigenvalue weighted by Gasteiger charge is -2.44. The van der Waals surface area contributed by atoms with Gasteiger partial charge < -0.3 is 24.3 Å². The first kappa shape index (κ1) is 23.1. The fourth-order valence-corrected chi connectivity index (χ4v) is 5.74. The Morgan fingerprint density at radius 1 is 1.06 bits per heavy atom. The Kier molecular flexibility index (Phi) is 7.49. The molecule has 3 fully saturated rings. The molecule has 0 amide bonds. The van der Waals surface area contributed by atoms with E-state index in [0.29, 0.717) is 64.4 Å². The highest BCUT2D eigenvalue weighted by atomic mass is 16.5. The number of ether oxygens (including phenoxy) is 4. The van der Waals surface area contributed by atoms with Crippen molar-refractivity contribution in [1.82, 2.24) is 10.2 Å². The predicted octanol–water partition coefficient (Wildman–Crippen LogP) is 3.06. The van der Waals surface area contributed by atoms with Gasteiger partial charge in [-0.3, -0.25) is 4.90 Å². The summed E-state index contributed by atoms with van der Waals surface area (Å²) in [5.41, 5.74) is 0.961. The van der Waals surface area contributed by atoms with Gasteiger partial charge in [0.2, 0.25) is 0 Å². The number of piperidine rings is 1. The Bertz CT molecular complexity index is 816. The molecule has 7 heteroatoms. The van der Waals surface area contributed by atoms with Gasteiger partial charge in [-0.15, -0.1) is 0 Å². The lowest BCUT2D eigenvalue weighted by molar-refractivity contribution is -0.0879. The molecule has 1 aromatic rings. The molecule has 2 atom stereocenters. The van der Waals surface area contributed by atoms with E-state index in [2.05, 4.69) is 40.6 Å². The third-order valence-electron chi connectivity index (χ3n) is 7.87. The van der Waals surface area contributed by atoms with Crippen LogP contribution in [0, 0.1) is 16.7 Å². The average molecular weight is 456 g/mol. The summed E-state index contributed by atoms with van der Waals surface area (Å²) in [5, 5.41) is 13.3. The molecule has 1 aliphatic carbocycles. The number of rotatable bonds is 3. The van der Waals surface area contributed by atoms with Gasteiger partial charge in [-0.2, -0.15) is 5.26 Å². The van der Waals surface area contributed by atoms with E-state index in [-0.39, 0.29) is 11.5 Å². The summed E-state index contributed by atoms with van der Waals surface area (Å²) in [6.07, 6.45) is 6.99. The van der Waals surface area contributed by atoms with Gasteiger partial charge in [0.1, 0.15) is 17.8 Å². The van der Waals surface area contributed by atoms with Crippen LogP contribution in [-0.4, -0.2) is 75.9 Å². The Labute approximate surface area is 197 Å². The fourth-order valence-electron chi connectivity index (χ4n) is 5.74. The van der Waals surface area contributed by atoms with Gasteiger partial charge >= 0.3 is 0 Å². The number of nitrogens with zero attached hydrogens (tertiary/aromatic N) is 2. The number of nitriles is 1. The predicted molar refractivity (Wildman–Crippen MR) is 124 cm³/mol. The highest BCUT2D eigenvalue weighted by Gasteiger charge is 2.41. The first-order valence-corrected chi connectivity index (χ1v) is 12.6. The maximum Gasteiger partial charge on any atom is 0.122 e. The summed E-state index contributed by atoms with van der Waals surface area (Å²) in [4.78, 5) is 2.41. The van der Waals surface area contributed by atoms with Gasteiger partial charge in [-0.25, -0.2) is 0 Å². The van der Waals surface area contributed by atoms with E-state index in [1.165, 1.54) is 5.56 Å². The van der Waals surface area contributed by atoms with E-state index in [1.54, 1.807) is 0 Å². The SMILES string of the molecule is N#CC1(CN[C@H]2CCCN3COCCOc4ccccc4C4CCC(CC4)OC[C@@H]23)COC1. The number of fused-ring (bicyclic) bond motifs is 7. The summed E-state index contributed by atoms with van der Waals surface area (Å²) >= 11 is 0. The van der Waals surface area contributed by atoms with Gasteiger partial charge in [0, 0.05) is 19.1 Å². The van der Waals surface area contributed by atoms with Crippen LogP contribution in [0.15, 0.2) is 24.3 Å². The maximum absolute atomic E-state index is 9.58. The molecule has 4 heterocycles.